The molecule has 0 fully saturated rings. The van der Waals surface area contributed by atoms with E-state index in [2.05, 4.69) is 20.4 Å². The van der Waals surface area contributed by atoms with Crippen LogP contribution in [0.5, 0.6) is 0 Å². The molecule has 0 spiro atoms. The minimum Gasteiger partial charge on any atom is -0.350 e. The molecular formula is C23H28F3N7O. The van der Waals surface area contributed by atoms with Crippen molar-refractivity contribution in [2.45, 2.75) is 47.3 Å². The Kier molecular flexibility index (Phi) is 7.43. The number of likely N-dealkylation sites (N-methyl/N-ethyl adjacent to an activating group) is 2. The highest BCUT2D eigenvalue weighted by Crippen LogP contribution is 2.34. The quantitative estimate of drug-likeness (QED) is 0.521. The molecule has 0 aliphatic carbocycles. The first-order valence-electron chi connectivity index (χ1n) is 10.7. The largest absolute Gasteiger partial charge is 0.350 e. The van der Waals surface area contributed by atoms with E-state index in [0.29, 0.717) is 37.1 Å². The van der Waals surface area contributed by atoms with Crippen LogP contribution in [0.1, 0.15) is 39.3 Å². The van der Waals surface area contributed by atoms with E-state index in [1.54, 1.807) is 23.5 Å². The maximum Gasteiger partial charge on any atom is 0.249 e. The van der Waals surface area contributed by atoms with Gasteiger partial charge >= 0.3 is 0 Å². The minimum atomic E-state index is -1.49. The van der Waals surface area contributed by atoms with Gasteiger partial charge < -0.3 is 15.1 Å². The lowest BCUT2D eigenvalue weighted by atomic mass is 10.1. The zero-order chi connectivity index (χ0) is 23.7. The van der Waals surface area contributed by atoms with Crippen LogP contribution in [0.4, 0.5) is 30.6 Å². The van der Waals surface area contributed by atoms with E-state index in [1.165, 1.54) is 4.68 Å². The van der Waals surface area contributed by atoms with Crippen LogP contribution in [0.25, 0.3) is 0 Å². The Balaban J connectivity index is 0.00000324. The molecule has 0 saturated heterocycles. The number of hydrogen-bond donors (Lipinski definition) is 1. The van der Waals surface area contributed by atoms with Crippen molar-refractivity contribution in [3.05, 3.63) is 59.3 Å². The van der Waals surface area contributed by atoms with Crippen molar-refractivity contribution in [3.63, 3.8) is 0 Å². The maximum atomic E-state index is 13.4. The Morgan fingerprint density at radius 1 is 1.06 bits per heavy atom. The molecule has 4 rings (SSSR count). The van der Waals surface area contributed by atoms with Crippen LogP contribution in [0.2, 0.25) is 0 Å². The number of rotatable bonds is 7. The Labute approximate surface area is 196 Å². The SMILES string of the molecule is C.CCN1C(=O)[C@@H](C)N(CC)c2nc(NCc3cnn(Cc4cc(F)c(F)c(F)c4)c3)ncc21. The smallest absolute Gasteiger partial charge is 0.249 e. The van der Waals surface area contributed by atoms with Gasteiger partial charge in [-0.25, -0.2) is 18.2 Å². The van der Waals surface area contributed by atoms with Gasteiger partial charge in [0.05, 0.1) is 18.9 Å². The third-order valence-corrected chi connectivity index (χ3v) is 5.59. The molecule has 3 heterocycles. The Morgan fingerprint density at radius 2 is 1.76 bits per heavy atom. The second kappa shape index (κ2) is 10.1. The van der Waals surface area contributed by atoms with E-state index in [4.69, 9.17) is 0 Å². The van der Waals surface area contributed by atoms with Crippen LogP contribution < -0.4 is 15.1 Å². The van der Waals surface area contributed by atoms with E-state index < -0.39 is 17.5 Å². The summed E-state index contributed by atoms with van der Waals surface area (Å²) in [5, 5.41) is 7.33. The van der Waals surface area contributed by atoms with Crippen molar-refractivity contribution in [1.82, 2.24) is 19.7 Å². The maximum absolute atomic E-state index is 13.4. The third-order valence-electron chi connectivity index (χ3n) is 5.59. The third kappa shape index (κ3) is 4.68. The lowest BCUT2D eigenvalue weighted by molar-refractivity contribution is -0.119. The number of fused-ring (bicyclic) bond motifs is 1. The van der Waals surface area contributed by atoms with Gasteiger partial charge in [0, 0.05) is 31.4 Å². The van der Waals surface area contributed by atoms with Gasteiger partial charge in [-0.15, -0.1) is 0 Å². The van der Waals surface area contributed by atoms with Gasteiger partial charge in [-0.05, 0) is 38.5 Å². The number of carbonyl (C=O) groups excluding carboxylic acids is 1. The highest BCUT2D eigenvalue weighted by molar-refractivity contribution is 6.04. The highest BCUT2D eigenvalue weighted by Gasteiger charge is 2.35. The van der Waals surface area contributed by atoms with Crippen molar-refractivity contribution < 1.29 is 18.0 Å². The summed E-state index contributed by atoms with van der Waals surface area (Å²) in [6.45, 7) is 7.36. The van der Waals surface area contributed by atoms with Crippen LogP contribution >= 0.6 is 0 Å². The summed E-state index contributed by atoms with van der Waals surface area (Å²) >= 11 is 0. The molecule has 11 heteroatoms. The van der Waals surface area contributed by atoms with E-state index in [9.17, 15) is 18.0 Å². The van der Waals surface area contributed by atoms with Crippen LogP contribution in [0, 0.1) is 17.5 Å². The van der Waals surface area contributed by atoms with Gasteiger partial charge in [0.25, 0.3) is 0 Å². The van der Waals surface area contributed by atoms with Gasteiger partial charge in [-0.1, -0.05) is 7.43 Å². The molecule has 3 aromatic rings. The summed E-state index contributed by atoms with van der Waals surface area (Å²) < 4.78 is 41.5. The Hall–Kier alpha value is -3.63. The number of hydrogen-bond acceptors (Lipinski definition) is 6. The molecule has 8 nitrogen and oxygen atoms in total. The van der Waals surface area contributed by atoms with Gasteiger partial charge in [-0.2, -0.15) is 10.1 Å². The van der Waals surface area contributed by atoms with Crippen molar-refractivity contribution >= 4 is 23.4 Å². The fourth-order valence-corrected chi connectivity index (χ4v) is 3.92. The number of anilines is 3. The van der Waals surface area contributed by atoms with Crippen LogP contribution in [-0.2, 0) is 17.9 Å². The van der Waals surface area contributed by atoms with E-state index in [0.717, 1.165) is 17.7 Å². The van der Waals surface area contributed by atoms with Crippen LogP contribution in [0.3, 0.4) is 0 Å². The first-order valence-corrected chi connectivity index (χ1v) is 10.7. The zero-order valence-electron chi connectivity index (χ0n) is 18.5. The van der Waals surface area contributed by atoms with Crippen LogP contribution in [0.15, 0.2) is 30.7 Å². The summed E-state index contributed by atoms with van der Waals surface area (Å²) in [5.41, 5.74) is 1.74. The first-order chi connectivity index (χ1) is 15.8. The highest BCUT2D eigenvalue weighted by atomic mass is 19.2. The molecule has 1 aromatic carbocycles. The fourth-order valence-electron chi connectivity index (χ4n) is 3.92. The molecule has 1 aliphatic heterocycles. The number of nitrogens with one attached hydrogen (secondary N) is 1. The van der Waals surface area contributed by atoms with Gasteiger partial charge in [0.15, 0.2) is 23.3 Å². The molecule has 0 saturated carbocycles. The molecule has 2 aromatic heterocycles. The predicted octanol–water partition coefficient (Wildman–Crippen LogP) is 3.97. The second-order valence-corrected chi connectivity index (χ2v) is 7.72. The van der Waals surface area contributed by atoms with Crippen LogP contribution in [-0.4, -0.2) is 44.8 Å². The predicted molar refractivity (Wildman–Crippen MR) is 124 cm³/mol. The van der Waals surface area contributed by atoms with Gasteiger partial charge in [-0.3, -0.25) is 9.48 Å². The molecule has 1 amide bonds. The minimum absolute atomic E-state index is 0. The summed E-state index contributed by atoms with van der Waals surface area (Å²) in [6.07, 6.45) is 4.96. The fraction of sp³-hybridized carbons (Fsp3) is 0.391. The number of benzene rings is 1. The van der Waals surface area contributed by atoms with Crippen molar-refractivity contribution in [3.8, 4) is 0 Å². The average molecular weight is 476 g/mol. The molecule has 0 bridgehead atoms. The van der Waals surface area contributed by atoms with E-state index >= 15 is 0 Å². The number of aromatic nitrogens is 4. The van der Waals surface area contributed by atoms with Gasteiger partial charge in [0.1, 0.15) is 11.7 Å². The lowest BCUT2D eigenvalue weighted by Gasteiger charge is -2.39. The normalized spacial score (nSPS) is 15.2. The molecule has 1 atom stereocenters. The molecular weight excluding hydrogens is 447 g/mol. The molecule has 0 unspecified atom stereocenters. The van der Waals surface area contributed by atoms with Gasteiger partial charge in [0.2, 0.25) is 11.9 Å². The summed E-state index contributed by atoms with van der Waals surface area (Å²) in [6, 6.07) is 1.58. The summed E-state index contributed by atoms with van der Waals surface area (Å²) in [7, 11) is 0. The monoisotopic (exact) mass is 475 g/mol. The summed E-state index contributed by atoms with van der Waals surface area (Å²) in [5.74, 6) is -2.84. The number of amides is 1. The van der Waals surface area contributed by atoms with E-state index in [1.807, 2.05) is 25.7 Å². The van der Waals surface area contributed by atoms with E-state index in [-0.39, 0.29) is 31.5 Å². The average Bonchev–Trinajstić information content (AvgIpc) is 3.24. The molecule has 182 valence electrons. The zero-order valence-corrected chi connectivity index (χ0v) is 18.5. The molecule has 1 N–H and O–H groups in total. The molecule has 34 heavy (non-hydrogen) atoms. The van der Waals surface area contributed by atoms with Crippen molar-refractivity contribution in [2.75, 3.05) is 28.2 Å². The number of halogens is 3. The lowest BCUT2D eigenvalue weighted by Crippen LogP contribution is -2.52. The van der Waals surface area contributed by atoms with Crippen molar-refractivity contribution in [2.24, 2.45) is 0 Å². The molecule has 0 radical (unpaired) electrons. The standard InChI is InChI=1S/C22H24F3N7O.CH4/c1-4-31-13(3)21(33)32(5-2)18-10-27-22(29-20(18)31)26-8-15-9-28-30(12-15)11-14-6-16(23)19(25)17(24)7-14;/h6-7,9-10,12-13H,4-5,8,11H2,1-3H3,(H,26,27,29);1H4/t13-;/m1./s1. The number of nitrogens with zero attached hydrogens (tertiary/aromatic N) is 6. The summed E-state index contributed by atoms with van der Waals surface area (Å²) in [4.78, 5) is 25.2. The topological polar surface area (TPSA) is 79.2 Å². The Morgan fingerprint density at radius 3 is 2.41 bits per heavy atom. The number of carbonyl (C=O) groups is 1. The molecule has 1 aliphatic rings. The Bertz CT molecular complexity index is 1160. The first kappa shape index (κ1) is 25.0. The van der Waals surface area contributed by atoms with Crippen molar-refractivity contribution in [1.29, 1.82) is 0 Å². The second-order valence-electron chi connectivity index (χ2n) is 7.72.